The molecule has 0 bridgehead atoms. The van der Waals surface area contributed by atoms with Crippen molar-refractivity contribution >= 4 is 5.91 Å². The molecule has 3 nitrogen and oxygen atoms in total. The summed E-state index contributed by atoms with van der Waals surface area (Å²) in [7, 11) is 0. The molecular formula is C17H19FN2O. The second-order valence-corrected chi connectivity index (χ2v) is 5.61. The summed E-state index contributed by atoms with van der Waals surface area (Å²) in [5, 5.41) is 0. The van der Waals surface area contributed by atoms with Gasteiger partial charge in [-0.2, -0.15) is 0 Å². The molecule has 1 saturated heterocycles. The molecule has 2 heterocycles. The Hall–Kier alpha value is -2.10. The smallest absolute Gasteiger partial charge is 0.270 e. The van der Waals surface area contributed by atoms with E-state index in [-0.39, 0.29) is 11.7 Å². The van der Waals surface area contributed by atoms with Crippen molar-refractivity contribution in [3.63, 3.8) is 0 Å². The molecule has 0 saturated carbocycles. The lowest BCUT2D eigenvalue weighted by Gasteiger charge is -2.31. The number of hydrogen-bond donors (Lipinski definition) is 1. The third-order valence-corrected chi connectivity index (χ3v) is 4.20. The van der Waals surface area contributed by atoms with Crippen molar-refractivity contribution in [1.82, 2.24) is 9.88 Å². The number of hydrogen-bond acceptors (Lipinski definition) is 1. The third-order valence-electron chi connectivity index (χ3n) is 4.20. The number of carbonyl (C=O) groups excluding carboxylic acids is 1. The van der Waals surface area contributed by atoms with Crippen LogP contribution in [-0.4, -0.2) is 28.9 Å². The Labute approximate surface area is 123 Å². The lowest BCUT2D eigenvalue weighted by Crippen LogP contribution is -2.39. The first-order valence-electron chi connectivity index (χ1n) is 7.40. The molecule has 0 spiro atoms. The molecule has 1 N–H and O–H groups in total. The second-order valence-electron chi connectivity index (χ2n) is 5.61. The van der Waals surface area contributed by atoms with Crippen LogP contribution in [0.15, 0.2) is 42.6 Å². The van der Waals surface area contributed by atoms with Crippen molar-refractivity contribution in [2.75, 3.05) is 13.1 Å². The molecule has 0 radical (unpaired) electrons. The first kappa shape index (κ1) is 13.9. The van der Waals surface area contributed by atoms with Crippen molar-refractivity contribution < 1.29 is 9.18 Å². The van der Waals surface area contributed by atoms with Crippen LogP contribution in [0.25, 0.3) is 0 Å². The van der Waals surface area contributed by atoms with Crippen molar-refractivity contribution in [1.29, 1.82) is 0 Å². The van der Waals surface area contributed by atoms with Crippen LogP contribution in [-0.2, 0) is 6.42 Å². The van der Waals surface area contributed by atoms with Crippen LogP contribution in [0, 0.1) is 11.7 Å². The van der Waals surface area contributed by atoms with Gasteiger partial charge in [0.25, 0.3) is 5.91 Å². The lowest BCUT2D eigenvalue weighted by molar-refractivity contribution is 0.0685. The minimum Gasteiger partial charge on any atom is -0.357 e. The number of likely N-dealkylation sites (tertiary alicyclic amines) is 1. The molecule has 4 heteroatoms. The van der Waals surface area contributed by atoms with Gasteiger partial charge in [-0.15, -0.1) is 0 Å². The summed E-state index contributed by atoms with van der Waals surface area (Å²) in [6.45, 7) is 1.49. The molecule has 1 aliphatic heterocycles. The number of amides is 1. The quantitative estimate of drug-likeness (QED) is 0.923. The van der Waals surface area contributed by atoms with Crippen LogP contribution < -0.4 is 0 Å². The minimum absolute atomic E-state index is 0.0596. The maximum Gasteiger partial charge on any atom is 0.270 e. The van der Waals surface area contributed by atoms with Crippen molar-refractivity contribution in [2.45, 2.75) is 19.3 Å². The zero-order chi connectivity index (χ0) is 14.7. The lowest BCUT2D eigenvalue weighted by atomic mass is 9.90. The second kappa shape index (κ2) is 6.12. The Morgan fingerprint density at radius 1 is 1.19 bits per heavy atom. The van der Waals surface area contributed by atoms with Gasteiger partial charge in [0.15, 0.2) is 0 Å². The summed E-state index contributed by atoms with van der Waals surface area (Å²) >= 11 is 0. The fraction of sp³-hybridized carbons (Fsp3) is 0.353. The number of benzene rings is 1. The highest BCUT2D eigenvalue weighted by atomic mass is 19.1. The molecule has 2 aromatic rings. The number of rotatable bonds is 3. The number of nitrogens with zero attached hydrogens (tertiary/aromatic N) is 1. The average Bonchev–Trinajstić information content (AvgIpc) is 3.04. The maximum absolute atomic E-state index is 13.7. The highest BCUT2D eigenvalue weighted by Gasteiger charge is 2.24. The van der Waals surface area contributed by atoms with E-state index >= 15 is 0 Å². The molecule has 0 aliphatic carbocycles. The molecule has 0 unspecified atom stereocenters. The van der Waals surface area contributed by atoms with E-state index in [2.05, 4.69) is 4.98 Å². The maximum atomic E-state index is 13.7. The zero-order valence-corrected chi connectivity index (χ0v) is 11.9. The van der Waals surface area contributed by atoms with Gasteiger partial charge in [-0.3, -0.25) is 4.79 Å². The highest BCUT2D eigenvalue weighted by molar-refractivity contribution is 5.92. The van der Waals surface area contributed by atoms with E-state index in [1.807, 2.05) is 23.1 Å². The van der Waals surface area contributed by atoms with Crippen LogP contribution in [0.3, 0.4) is 0 Å². The van der Waals surface area contributed by atoms with Gasteiger partial charge >= 0.3 is 0 Å². The van der Waals surface area contributed by atoms with E-state index in [0.29, 0.717) is 11.6 Å². The van der Waals surface area contributed by atoms with E-state index in [1.165, 1.54) is 6.07 Å². The van der Waals surface area contributed by atoms with Crippen molar-refractivity contribution in [3.05, 3.63) is 59.7 Å². The van der Waals surface area contributed by atoms with E-state index in [0.717, 1.165) is 37.9 Å². The first-order chi connectivity index (χ1) is 10.2. The van der Waals surface area contributed by atoms with Crippen LogP contribution in [0.1, 0.15) is 28.9 Å². The molecule has 1 amide bonds. The highest BCUT2D eigenvalue weighted by Crippen LogP contribution is 2.23. The Morgan fingerprint density at radius 2 is 1.95 bits per heavy atom. The number of aromatic amines is 1. The number of aromatic nitrogens is 1. The van der Waals surface area contributed by atoms with Crippen LogP contribution in [0.2, 0.25) is 0 Å². The number of nitrogens with one attached hydrogen (secondary N) is 1. The Balaban J connectivity index is 1.56. The van der Waals surface area contributed by atoms with Gasteiger partial charge in [0, 0.05) is 19.3 Å². The zero-order valence-electron chi connectivity index (χ0n) is 11.9. The predicted molar refractivity (Wildman–Crippen MR) is 79.5 cm³/mol. The molecule has 1 aromatic heterocycles. The topological polar surface area (TPSA) is 36.1 Å². The summed E-state index contributed by atoms with van der Waals surface area (Å²) in [6, 6.07) is 10.6. The Morgan fingerprint density at radius 3 is 2.62 bits per heavy atom. The average molecular weight is 286 g/mol. The molecule has 21 heavy (non-hydrogen) atoms. The molecule has 1 fully saturated rings. The fourth-order valence-electron chi connectivity index (χ4n) is 2.95. The largest absolute Gasteiger partial charge is 0.357 e. The number of piperidine rings is 1. The SMILES string of the molecule is O=C(c1ccc[nH]1)N1CCC(Cc2ccccc2F)CC1. The van der Waals surface area contributed by atoms with E-state index in [4.69, 9.17) is 0 Å². The molecule has 3 rings (SSSR count). The summed E-state index contributed by atoms with van der Waals surface area (Å²) < 4.78 is 13.7. The first-order valence-corrected chi connectivity index (χ1v) is 7.40. The molecule has 1 aliphatic rings. The Bertz CT molecular complexity index is 601. The Kier molecular flexibility index (Phi) is 4.04. The van der Waals surface area contributed by atoms with Gasteiger partial charge in [-0.1, -0.05) is 18.2 Å². The van der Waals surface area contributed by atoms with Crippen LogP contribution >= 0.6 is 0 Å². The summed E-state index contributed by atoms with van der Waals surface area (Å²) in [6.07, 6.45) is 4.39. The van der Waals surface area contributed by atoms with Crippen molar-refractivity contribution in [2.24, 2.45) is 5.92 Å². The molecule has 110 valence electrons. The van der Waals surface area contributed by atoms with E-state index < -0.39 is 0 Å². The molecular weight excluding hydrogens is 267 g/mol. The summed E-state index contributed by atoms with van der Waals surface area (Å²) in [5.41, 5.74) is 1.43. The van der Waals surface area contributed by atoms with Gasteiger partial charge in [0.05, 0.1) is 0 Å². The minimum atomic E-state index is -0.123. The van der Waals surface area contributed by atoms with E-state index in [1.54, 1.807) is 18.3 Å². The van der Waals surface area contributed by atoms with Crippen LogP contribution in [0.4, 0.5) is 4.39 Å². The fourth-order valence-corrected chi connectivity index (χ4v) is 2.95. The van der Waals surface area contributed by atoms with Crippen molar-refractivity contribution in [3.8, 4) is 0 Å². The van der Waals surface area contributed by atoms with Gasteiger partial charge in [0.2, 0.25) is 0 Å². The predicted octanol–water partition coefficient (Wildman–Crippen LogP) is 3.25. The standard InChI is InChI=1S/C17H19FN2O/c18-15-5-2-1-4-14(15)12-13-7-10-20(11-8-13)17(21)16-6-3-9-19-16/h1-6,9,13,19H,7-8,10-12H2. The normalized spacial score (nSPS) is 16.1. The summed E-state index contributed by atoms with van der Waals surface area (Å²) in [5.74, 6) is 0.390. The van der Waals surface area contributed by atoms with E-state index in [9.17, 15) is 9.18 Å². The number of carbonyl (C=O) groups is 1. The van der Waals surface area contributed by atoms with Gasteiger partial charge in [-0.25, -0.2) is 4.39 Å². The monoisotopic (exact) mass is 286 g/mol. The molecule has 1 aromatic carbocycles. The third kappa shape index (κ3) is 3.15. The van der Waals surface area contributed by atoms with Gasteiger partial charge < -0.3 is 9.88 Å². The number of halogens is 1. The number of H-pyrrole nitrogens is 1. The summed E-state index contributed by atoms with van der Waals surface area (Å²) in [4.78, 5) is 17.0. The van der Waals surface area contributed by atoms with Crippen LogP contribution in [0.5, 0.6) is 0 Å². The van der Waals surface area contributed by atoms with Gasteiger partial charge in [0.1, 0.15) is 11.5 Å². The van der Waals surface area contributed by atoms with Gasteiger partial charge in [-0.05, 0) is 48.9 Å². The molecule has 0 atom stereocenters.